The Morgan fingerprint density at radius 2 is 1.97 bits per heavy atom. The van der Waals surface area contributed by atoms with Crippen molar-refractivity contribution in [2.24, 2.45) is 5.92 Å². The molecule has 1 aromatic heterocycles. The molecule has 37 heavy (non-hydrogen) atoms. The molecule has 4 atom stereocenters. The summed E-state index contributed by atoms with van der Waals surface area (Å²) in [7, 11) is 0. The van der Waals surface area contributed by atoms with E-state index < -0.39 is 29.4 Å². The third-order valence-corrected chi connectivity index (χ3v) is 6.58. The van der Waals surface area contributed by atoms with E-state index in [2.05, 4.69) is 20.9 Å². The highest BCUT2D eigenvalue weighted by Crippen LogP contribution is 2.42. The molecule has 0 fully saturated rings. The molecule has 0 saturated heterocycles. The monoisotopic (exact) mass is 505 g/mol. The number of fused-ring (bicyclic) bond motifs is 1. The van der Waals surface area contributed by atoms with Gasteiger partial charge in [0, 0.05) is 35.6 Å². The Balaban J connectivity index is 1.41. The van der Waals surface area contributed by atoms with E-state index in [1.165, 1.54) is 6.92 Å². The number of allylic oxidation sites excluding steroid dienone is 1. The summed E-state index contributed by atoms with van der Waals surface area (Å²) in [6.07, 6.45) is 4.84. The van der Waals surface area contributed by atoms with Gasteiger partial charge in [-0.15, -0.1) is 5.10 Å². The van der Waals surface area contributed by atoms with Crippen molar-refractivity contribution >= 4 is 23.2 Å². The van der Waals surface area contributed by atoms with Gasteiger partial charge in [-0.25, -0.2) is 0 Å². The smallest absolute Gasteiger partial charge is 0.261 e. The van der Waals surface area contributed by atoms with Crippen LogP contribution in [0.2, 0.25) is 0 Å². The molecule has 2 heterocycles. The summed E-state index contributed by atoms with van der Waals surface area (Å²) in [6, 6.07) is 14.4. The number of rotatable bonds is 10. The minimum atomic E-state index is -1.82. The van der Waals surface area contributed by atoms with Gasteiger partial charge in [0.05, 0.1) is 18.2 Å². The third kappa shape index (κ3) is 5.46. The Morgan fingerprint density at radius 1 is 1.22 bits per heavy atom. The maximum atomic E-state index is 12.7. The fourth-order valence-electron chi connectivity index (χ4n) is 4.37. The Bertz CT molecular complexity index is 1290. The van der Waals surface area contributed by atoms with Gasteiger partial charge in [0.1, 0.15) is 6.10 Å². The molecule has 10 nitrogen and oxygen atoms in total. The molecule has 1 unspecified atom stereocenters. The first-order valence-corrected chi connectivity index (χ1v) is 12.1. The number of amides is 2. The molecule has 10 heteroatoms. The van der Waals surface area contributed by atoms with Crippen LogP contribution in [-0.4, -0.2) is 54.8 Å². The highest BCUT2D eigenvalue weighted by molar-refractivity contribution is 6.06. The normalized spacial score (nSPS) is 19.3. The molecular formula is C27H31N5O5. The summed E-state index contributed by atoms with van der Waals surface area (Å²) in [4.78, 5) is 24.6. The van der Waals surface area contributed by atoms with Crippen molar-refractivity contribution < 1.29 is 24.9 Å². The zero-order chi connectivity index (χ0) is 26.6. The molecule has 0 bridgehead atoms. The number of aryl methyl sites for hydroxylation is 1. The predicted molar refractivity (Wildman–Crippen MR) is 138 cm³/mol. The minimum Gasteiger partial charge on any atom is -0.395 e. The van der Waals surface area contributed by atoms with E-state index >= 15 is 0 Å². The molecule has 5 N–H and O–H groups in total. The van der Waals surface area contributed by atoms with Gasteiger partial charge in [0.15, 0.2) is 5.60 Å². The number of aliphatic hydroxyl groups is 3. The van der Waals surface area contributed by atoms with Crippen molar-refractivity contribution in [1.82, 2.24) is 15.0 Å². The lowest BCUT2D eigenvalue weighted by atomic mass is 9.82. The quantitative estimate of drug-likeness (QED) is 0.265. The van der Waals surface area contributed by atoms with Crippen LogP contribution in [0.4, 0.5) is 11.4 Å². The molecule has 2 amide bonds. The first kappa shape index (κ1) is 26.2. The number of benzene rings is 2. The molecule has 1 aliphatic rings. The van der Waals surface area contributed by atoms with Gasteiger partial charge < -0.3 is 26.0 Å². The van der Waals surface area contributed by atoms with E-state index in [-0.39, 0.29) is 12.5 Å². The second-order valence-electron chi connectivity index (χ2n) is 9.20. The van der Waals surface area contributed by atoms with Crippen LogP contribution in [0.5, 0.6) is 0 Å². The van der Waals surface area contributed by atoms with Gasteiger partial charge >= 0.3 is 0 Å². The van der Waals surface area contributed by atoms with Crippen LogP contribution >= 0.6 is 0 Å². The third-order valence-electron chi connectivity index (χ3n) is 6.58. The van der Waals surface area contributed by atoms with Crippen molar-refractivity contribution in [2.45, 2.75) is 44.4 Å². The fraction of sp³-hybridized carbons (Fsp3) is 0.333. The van der Waals surface area contributed by atoms with Crippen LogP contribution < -0.4 is 10.6 Å². The zero-order valence-corrected chi connectivity index (χ0v) is 20.7. The maximum Gasteiger partial charge on any atom is 0.261 e. The number of carbonyl (C=O) groups is 2. The standard InChI is InChI=1S/C27H31N5O5/c1-17(27(37)22-14-20(28-25(35)18(2)34)11-12-23(22)29-26(27)36)8-6-7-13-32-15-24(30-31-32)21(16-33)19-9-4-3-5-10-19/h3-6,8-12,14-15,17-18,21,33-34,37H,7,13,16H2,1-2H3,(H,28,35)(H,29,36)/b8-6+/t17-,18+,21?,27+/m1/s1. The first-order valence-electron chi connectivity index (χ1n) is 12.1. The van der Waals surface area contributed by atoms with E-state index in [9.17, 15) is 24.9 Å². The summed E-state index contributed by atoms with van der Waals surface area (Å²) >= 11 is 0. The fourth-order valence-corrected chi connectivity index (χ4v) is 4.37. The van der Waals surface area contributed by atoms with Gasteiger partial charge in [-0.05, 0) is 37.1 Å². The van der Waals surface area contributed by atoms with Crippen molar-refractivity contribution in [3.63, 3.8) is 0 Å². The number of hydrogen-bond donors (Lipinski definition) is 5. The van der Waals surface area contributed by atoms with Gasteiger partial charge in [0.2, 0.25) is 0 Å². The lowest BCUT2D eigenvalue weighted by molar-refractivity contribution is -0.137. The number of nitrogens with one attached hydrogen (secondary N) is 2. The minimum absolute atomic E-state index is 0.0767. The topological polar surface area (TPSA) is 150 Å². The molecule has 1 aliphatic heterocycles. The van der Waals surface area contributed by atoms with Gasteiger partial charge in [0.25, 0.3) is 11.8 Å². The van der Waals surface area contributed by atoms with Crippen molar-refractivity contribution in [3.05, 3.63) is 83.7 Å². The molecule has 2 aromatic carbocycles. The van der Waals surface area contributed by atoms with Crippen molar-refractivity contribution in [3.8, 4) is 0 Å². The van der Waals surface area contributed by atoms with Crippen LogP contribution in [-0.2, 0) is 21.7 Å². The SMILES string of the molecule is C[C@H](O)C(=O)Nc1ccc2c(c1)[C@@](O)([C@H](C)/C=C/CCn1cc(C(CO)c3ccccc3)nn1)C(=O)N2. The molecule has 0 saturated carbocycles. The summed E-state index contributed by atoms with van der Waals surface area (Å²) in [5.41, 5.74) is 1.02. The first-order chi connectivity index (χ1) is 17.7. The molecule has 0 spiro atoms. The number of hydrogen-bond acceptors (Lipinski definition) is 7. The van der Waals surface area contributed by atoms with Crippen LogP contribution in [0.1, 0.15) is 43.0 Å². The summed E-state index contributed by atoms with van der Waals surface area (Å²) in [6.45, 7) is 3.55. The van der Waals surface area contributed by atoms with Crippen molar-refractivity contribution in [1.29, 1.82) is 0 Å². The maximum absolute atomic E-state index is 12.7. The highest BCUT2D eigenvalue weighted by Gasteiger charge is 2.48. The van der Waals surface area contributed by atoms with E-state index in [0.29, 0.717) is 35.6 Å². The van der Waals surface area contributed by atoms with E-state index in [1.54, 1.807) is 35.9 Å². The van der Waals surface area contributed by atoms with Gasteiger partial charge in [-0.3, -0.25) is 14.3 Å². The average Bonchev–Trinajstić information content (AvgIpc) is 3.45. The molecular weight excluding hydrogens is 474 g/mol. The second kappa shape index (κ2) is 11.0. The summed E-state index contributed by atoms with van der Waals surface area (Å²) in [5.74, 6) is -1.95. The Labute approximate surface area is 214 Å². The molecule has 3 aromatic rings. The Hall–Kier alpha value is -3.86. The highest BCUT2D eigenvalue weighted by atomic mass is 16.3. The molecule has 0 radical (unpaired) electrons. The summed E-state index contributed by atoms with van der Waals surface area (Å²) < 4.78 is 1.69. The number of aromatic nitrogens is 3. The Morgan fingerprint density at radius 3 is 2.68 bits per heavy atom. The van der Waals surface area contributed by atoms with Crippen LogP contribution in [0, 0.1) is 5.92 Å². The average molecular weight is 506 g/mol. The van der Waals surface area contributed by atoms with Gasteiger partial charge in [-0.1, -0.05) is 54.6 Å². The van der Waals surface area contributed by atoms with E-state index in [1.807, 2.05) is 42.6 Å². The van der Waals surface area contributed by atoms with Crippen molar-refractivity contribution in [2.75, 3.05) is 17.2 Å². The second-order valence-corrected chi connectivity index (χ2v) is 9.20. The molecule has 0 aliphatic carbocycles. The zero-order valence-electron chi connectivity index (χ0n) is 20.7. The van der Waals surface area contributed by atoms with Crippen LogP contribution in [0.15, 0.2) is 66.9 Å². The van der Waals surface area contributed by atoms with E-state index in [0.717, 1.165) is 5.56 Å². The lowest BCUT2D eigenvalue weighted by Gasteiger charge is -2.26. The summed E-state index contributed by atoms with van der Waals surface area (Å²) in [5, 5.41) is 44.3. The number of anilines is 2. The predicted octanol–water partition coefficient (Wildman–Crippen LogP) is 2.14. The molecule has 4 rings (SSSR count). The number of nitrogens with zero attached hydrogens (tertiary/aromatic N) is 3. The van der Waals surface area contributed by atoms with Crippen LogP contribution in [0.25, 0.3) is 0 Å². The van der Waals surface area contributed by atoms with E-state index in [4.69, 9.17) is 0 Å². The van der Waals surface area contributed by atoms with Crippen LogP contribution in [0.3, 0.4) is 0 Å². The Kier molecular flexibility index (Phi) is 7.82. The largest absolute Gasteiger partial charge is 0.395 e. The lowest BCUT2D eigenvalue weighted by Crippen LogP contribution is -2.39. The number of carbonyl (C=O) groups excluding carboxylic acids is 2. The molecule has 194 valence electrons. The number of aliphatic hydroxyl groups excluding tert-OH is 2. The van der Waals surface area contributed by atoms with Gasteiger partial charge in [-0.2, -0.15) is 0 Å².